The minimum absolute atomic E-state index is 0.792. The Labute approximate surface area is 398 Å². The third-order valence-electron chi connectivity index (χ3n) is 10.3. The summed E-state index contributed by atoms with van der Waals surface area (Å²) in [5, 5.41) is 0. The fourth-order valence-corrected chi connectivity index (χ4v) is 7.33. The number of ether oxygens (including phenoxy) is 4. The summed E-state index contributed by atoms with van der Waals surface area (Å²) in [5.74, 6) is 3.17. The van der Waals surface area contributed by atoms with E-state index in [1.807, 2.05) is 109 Å². The number of aliphatic imine (C=N–C) groups is 2. The molecule has 0 saturated carbocycles. The molecule has 0 amide bonds. The summed E-state index contributed by atoms with van der Waals surface area (Å²) in [6.07, 6.45) is 28.8. The first-order chi connectivity index (χ1) is 32.4. The van der Waals surface area contributed by atoms with Gasteiger partial charge in [-0.05, 0) is 154 Å². The molecule has 0 aliphatic rings. The molecule has 0 N–H and O–H groups in total. The summed E-state index contributed by atoms with van der Waals surface area (Å²) >= 11 is 3.42. The maximum Gasteiger partial charge on any atom is 0.118 e. The van der Waals surface area contributed by atoms with Crippen molar-refractivity contribution < 1.29 is 18.9 Å². The van der Waals surface area contributed by atoms with Gasteiger partial charge in [-0.2, -0.15) is 0 Å². The van der Waals surface area contributed by atoms with E-state index in [2.05, 4.69) is 122 Å². The first-order valence-corrected chi connectivity index (χ1v) is 23.7. The van der Waals surface area contributed by atoms with Crippen LogP contribution in [0.15, 0.2) is 226 Å². The Hall–Kier alpha value is -7.26. The van der Waals surface area contributed by atoms with Crippen molar-refractivity contribution in [1.82, 2.24) is 0 Å². The lowest BCUT2D eigenvalue weighted by atomic mass is 10.0. The largest absolute Gasteiger partial charge is 0.497 e. The van der Waals surface area contributed by atoms with Gasteiger partial charge in [-0.25, -0.2) is 0 Å². The molecule has 332 valence electrons. The molecule has 0 bridgehead atoms. The molecule has 0 saturated heterocycles. The number of benzene rings is 6. The molecule has 0 atom stereocenters. The average molecular weight is 907 g/mol. The van der Waals surface area contributed by atoms with Gasteiger partial charge in [0.1, 0.15) is 23.0 Å². The highest BCUT2D eigenvalue weighted by atomic mass is 32.2. The molecule has 0 heterocycles. The van der Waals surface area contributed by atoms with Gasteiger partial charge in [0.05, 0.1) is 39.8 Å². The van der Waals surface area contributed by atoms with E-state index in [0.717, 1.165) is 78.9 Å². The fourth-order valence-electron chi connectivity index (χ4n) is 6.51. The van der Waals surface area contributed by atoms with Crippen molar-refractivity contribution in [3.05, 3.63) is 229 Å². The molecule has 6 aromatic rings. The highest BCUT2D eigenvalue weighted by molar-refractivity contribution is 7.98. The molecule has 6 rings (SSSR count). The van der Waals surface area contributed by atoms with Crippen LogP contribution in [0, 0.1) is 0 Å². The molecule has 0 fully saturated rings. The van der Waals surface area contributed by atoms with Crippen LogP contribution >= 0.6 is 23.5 Å². The number of thioether (sulfide) groups is 2. The first kappa shape index (κ1) is 48.2. The zero-order valence-corrected chi connectivity index (χ0v) is 39.8. The Bertz CT molecular complexity index is 2550. The summed E-state index contributed by atoms with van der Waals surface area (Å²) < 4.78 is 21.8. The van der Waals surface area contributed by atoms with Gasteiger partial charge in [-0.3, -0.25) is 9.98 Å². The molecular formula is C58H54N2O4S2. The molecule has 6 nitrogen and oxygen atoms in total. The van der Waals surface area contributed by atoms with Crippen LogP contribution in [0.4, 0.5) is 11.4 Å². The van der Waals surface area contributed by atoms with Crippen molar-refractivity contribution in [2.24, 2.45) is 9.98 Å². The van der Waals surface area contributed by atoms with E-state index >= 15 is 0 Å². The van der Waals surface area contributed by atoms with Gasteiger partial charge in [0.25, 0.3) is 0 Å². The van der Waals surface area contributed by atoms with Crippen LogP contribution in [-0.2, 0) is 0 Å². The number of hydrogen-bond acceptors (Lipinski definition) is 8. The molecule has 0 spiro atoms. The molecule has 66 heavy (non-hydrogen) atoms. The van der Waals surface area contributed by atoms with Crippen LogP contribution < -0.4 is 18.9 Å². The van der Waals surface area contributed by atoms with E-state index in [9.17, 15) is 0 Å². The van der Waals surface area contributed by atoms with Gasteiger partial charge in [0, 0.05) is 22.2 Å². The van der Waals surface area contributed by atoms with Crippen LogP contribution in [0.25, 0.3) is 22.3 Å². The lowest BCUT2D eigenvalue weighted by Crippen LogP contribution is -1.88. The van der Waals surface area contributed by atoms with Crippen molar-refractivity contribution in [3.63, 3.8) is 0 Å². The zero-order valence-electron chi connectivity index (χ0n) is 38.1. The van der Waals surface area contributed by atoms with E-state index in [0.29, 0.717) is 0 Å². The Morgan fingerprint density at radius 1 is 0.348 bits per heavy atom. The smallest absolute Gasteiger partial charge is 0.118 e. The predicted octanol–water partition coefficient (Wildman–Crippen LogP) is 15.3. The van der Waals surface area contributed by atoms with E-state index in [-0.39, 0.29) is 0 Å². The number of methoxy groups -OCH3 is 4. The van der Waals surface area contributed by atoms with E-state index < -0.39 is 0 Å². The maximum atomic E-state index is 5.48. The van der Waals surface area contributed by atoms with Crippen molar-refractivity contribution in [2.45, 2.75) is 9.79 Å². The SMILES string of the molecule is COc1ccc(C(=C\C=C\C=C(\C=C\C=C(\C=Nc2ccc(SC)cc2)c2ccc(OC)cc2)c2ccc(OC)cc2)/C=C/C=C(/C=Nc2ccc(SC)cc2)c2ccc(OC)cc2)cc1. The maximum absolute atomic E-state index is 5.48. The molecule has 0 aromatic heterocycles. The summed E-state index contributed by atoms with van der Waals surface area (Å²) in [6, 6.07) is 48.6. The quantitative estimate of drug-likeness (QED) is 0.0432. The minimum atomic E-state index is 0.792. The third-order valence-corrected chi connectivity index (χ3v) is 11.8. The number of hydrogen-bond donors (Lipinski definition) is 0. The monoisotopic (exact) mass is 906 g/mol. The number of allylic oxidation sites excluding steroid dienone is 14. The normalized spacial score (nSPS) is 12.9. The minimum Gasteiger partial charge on any atom is -0.497 e. The summed E-state index contributed by atoms with van der Waals surface area (Å²) in [5.41, 5.74) is 9.79. The second-order valence-corrected chi connectivity index (χ2v) is 16.2. The molecular weight excluding hydrogens is 853 g/mol. The van der Waals surface area contributed by atoms with Gasteiger partial charge in [-0.1, -0.05) is 109 Å². The summed E-state index contributed by atoms with van der Waals surface area (Å²) in [7, 11) is 6.69. The van der Waals surface area contributed by atoms with Gasteiger partial charge >= 0.3 is 0 Å². The van der Waals surface area contributed by atoms with Crippen LogP contribution in [0.3, 0.4) is 0 Å². The van der Waals surface area contributed by atoms with Crippen molar-refractivity contribution in [1.29, 1.82) is 0 Å². The lowest BCUT2D eigenvalue weighted by Gasteiger charge is -2.06. The third kappa shape index (κ3) is 14.6. The molecule has 8 heteroatoms. The van der Waals surface area contributed by atoms with E-state index in [1.165, 1.54) is 9.79 Å². The van der Waals surface area contributed by atoms with Crippen molar-refractivity contribution >= 4 is 69.6 Å². The highest BCUT2D eigenvalue weighted by Gasteiger charge is 2.04. The standard InChI is InChI=1S/C58H54N2O4S2/c1-61-53-29-17-45(18-30-53)43(13-9-15-49(47-21-33-55(63-3)34-22-47)41-59-51-25-37-57(65-5)38-26-51)11-7-8-12-44(46-19-31-54(62-2)32-20-46)14-10-16-50(48-23-35-56(64-4)36-24-48)42-60-52-27-39-58(66-6)40-28-52/h7-42H,1-6H3/b8-7+,13-9+,14-10+,43-11-,44-12-,49-15-,50-16-,59-41?,60-42?. The average Bonchev–Trinajstić information content (AvgIpc) is 3.38. The Morgan fingerprint density at radius 3 is 0.894 bits per heavy atom. The van der Waals surface area contributed by atoms with Crippen molar-refractivity contribution in [3.8, 4) is 23.0 Å². The van der Waals surface area contributed by atoms with Crippen LogP contribution in [-0.4, -0.2) is 53.4 Å². The van der Waals surface area contributed by atoms with Crippen molar-refractivity contribution in [2.75, 3.05) is 41.0 Å². The summed E-state index contributed by atoms with van der Waals surface area (Å²) in [6.45, 7) is 0. The number of rotatable bonds is 20. The second kappa shape index (κ2) is 25.9. The molecule has 0 aliphatic heterocycles. The summed E-state index contributed by atoms with van der Waals surface area (Å²) in [4.78, 5) is 12.0. The Kier molecular flexibility index (Phi) is 18.9. The second-order valence-electron chi connectivity index (χ2n) is 14.4. The topological polar surface area (TPSA) is 61.6 Å². The Morgan fingerprint density at radius 2 is 0.621 bits per heavy atom. The van der Waals surface area contributed by atoms with Crippen LogP contribution in [0.1, 0.15) is 22.3 Å². The first-order valence-electron chi connectivity index (χ1n) is 21.2. The van der Waals surface area contributed by atoms with E-state index in [4.69, 9.17) is 28.9 Å². The fraction of sp³-hybridized carbons (Fsp3) is 0.103. The van der Waals surface area contributed by atoms with Gasteiger partial charge in [-0.15, -0.1) is 23.5 Å². The number of nitrogens with zero attached hydrogens (tertiary/aromatic N) is 2. The van der Waals surface area contributed by atoms with Gasteiger partial charge < -0.3 is 18.9 Å². The molecule has 0 aliphatic carbocycles. The van der Waals surface area contributed by atoms with E-state index in [1.54, 1.807) is 52.0 Å². The lowest BCUT2D eigenvalue weighted by molar-refractivity contribution is 0.414. The predicted molar refractivity (Wildman–Crippen MR) is 284 cm³/mol. The highest BCUT2D eigenvalue weighted by Crippen LogP contribution is 2.26. The Balaban J connectivity index is 1.35. The zero-order chi connectivity index (χ0) is 46.4. The van der Waals surface area contributed by atoms with Gasteiger partial charge in [0.15, 0.2) is 0 Å². The molecule has 6 aromatic carbocycles. The van der Waals surface area contributed by atoms with Crippen LogP contribution in [0.5, 0.6) is 23.0 Å². The molecule has 0 radical (unpaired) electrons. The molecule has 0 unspecified atom stereocenters. The van der Waals surface area contributed by atoms with Crippen LogP contribution in [0.2, 0.25) is 0 Å². The van der Waals surface area contributed by atoms with Gasteiger partial charge in [0.2, 0.25) is 0 Å².